The largest absolute Gasteiger partial charge is 0.454 e. The molecular weight excluding hydrogens is 330 g/mol. The maximum absolute atomic E-state index is 12.4. The zero-order valence-corrected chi connectivity index (χ0v) is 14.7. The predicted molar refractivity (Wildman–Crippen MR) is 98.8 cm³/mol. The molecule has 0 unspecified atom stereocenters. The lowest BCUT2D eigenvalue weighted by molar-refractivity contribution is -0.125. The fourth-order valence-corrected chi connectivity index (χ4v) is 2.94. The van der Waals surface area contributed by atoms with Crippen LogP contribution < -0.4 is 9.47 Å². The van der Waals surface area contributed by atoms with Gasteiger partial charge in [0.05, 0.1) is 17.6 Å². The average molecular weight is 349 g/mol. The molecule has 4 rings (SSSR count). The van der Waals surface area contributed by atoms with E-state index in [1.807, 2.05) is 54.1 Å². The van der Waals surface area contributed by atoms with Crippen LogP contribution in [0.15, 0.2) is 48.5 Å². The molecule has 2 aromatic carbocycles. The first kappa shape index (κ1) is 16.2. The molecule has 0 radical (unpaired) electrons. The molecule has 0 saturated heterocycles. The first-order valence-electron chi connectivity index (χ1n) is 8.35. The van der Waals surface area contributed by atoms with Crippen molar-refractivity contribution in [2.24, 2.45) is 7.05 Å². The number of imidazole rings is 1. The van der Waals surface area contributed by atoms with Gasteiger partial charge in [0.15, 0.2) is 11.5 Å². The third-order valence-corrected chi connectivity index (χ3v) is 4.45. The molecule has 0 spiro atoms. The summed E-state index contributed by atoms with van der Waals surface area (Å²) >= 11 is 0. The van der Waals surface area contributed by atoms with Crippen molar-refractivity contribution in [2.75, 3.05) is 13.8 Å². The van der Waals surface area contributed by atoms with Crippen molar-refractivity contribution < 1.29 is 14.3 Å². The van der Waals surface area contributed by atoms with E-state index in [0.29, 0.717) is 12.3 Å². The van der Waals surface area contributed by atoms with Gasteiger partial charge in [-0.3, -0.25) is 4.79 Å². The minimum absolute atomic E-state index is 0.0882. The summed E-state index contributed by atoms with van der Waals surface area (Å²) in [7, 11) is 3.73. The second-order valence-corrected chi connectivity index (χ2v) is 6.22. The Balaban J connectivity index is 1.46. The van der Waals surface area contributed by atoms with Gasteiger partial charge in [0.25, 0.3) is 0 Å². The Bertz CT molecular complexity index is 1010. The van der Waals surface area contributed by atoms with Gasteiger partial charge in [-0.1, -0.05) is 18.2 Å². The maximum Gasteiger partial charge on any atom is 0.246 e. The first-order valence-corrected chi connectivity index (χ1v) is 8.35. The average Bonchev–Trinajstić information content (AvgIpc) is 3.24. The van der Waals surface area contributed by atoms with Crippen molar-refractivity contribution in [1.82, 2.24) is 14.5 Å². The highest BCUT2D eigenvalue weighted by Crippen LogP contribution is 2.32. The van der Waals surface area contributed by atoms with E-state index in [9.17, 15) is 4.79 Å². The van der Waals surface area contributed by atoms with Gasteiger partial charge in [0.1, 0.15) is 5.82 Å². The summed E-state index contributed by atoms with van der Waals surface area (Å²) in [4.78, 5) is 18.7. The number of ether oxygens (including phenoxy) is 2. The summed E-state index contributed by atoms with van der Waals surface area (Å²) in [6.07, 6.45) is 3.33. The number of nitrogens with zero attached hydrogens (tertiary/aromatic N) is 3. The Morgan fingerprint density at radius 1 is 1.23 bits per heavy atom. The van der Waals surface area contributed by atoms with E-state index in [1.165, 1.54) is 0 Å². The number of likely N-dealkylation sites (N-methyl/N-ethyl adjacent to an activating group) is 1. The van der Waals surface area contributed by atoms with Gasteiger partial charge < -0.3 is 18.9 Å². The highest BCUT2D eigenvalue weighted by Gasteiger charge is 2.14. The van der Waals surface area contributed by atoms with Crippen molar-refractivity contribution in [3.05, 3.63) is 59.9 Å². The minimum atomic E-state index is -0.0882. The highest BCUT2D eigenvalue weighted by atomic mass is 16.7. The lowest BCUT2D eigenvalue weighted by Gasteiger charge is -2.14. The van der Waals surface area contributed by atoms with Crippen LogP contribution in [0, 0.1) is 0 Å². The SMILES string of the molecule is CN(Cc1nc2ccccc2n1C)C(=O)/C=C/c1ccc2c(c1)OCO2. The molecule has 0 saturated carbocycles. The number of aryl methyl sites for hydroxylation is 1. The normalized spacial score (nSPS) is 12.8. The molecule has 1 aliphatic heterocycles. The number of hydrogen-bond donors (Lipinski definition) is 0. The van der Waals surface area contributed by atoms with Crippen LogP contribution in [-0.2, 0) is 18.4 Å². The van der Waals surface area contributed by atoms with Gasteiger partial charge in [-0.05, 0) is 35.9 Å². The third-order valence-electron chi connectivity index (χ3n) is 4.45. The Morgan fingerprint density at radius 2 is 2.04 bits per heavy atom. The number of carbonyl (C=O) groups excluding carboxylic acids is 1. The zero-order valence-electron chi connectivity index (χ0n) is 14.7. The van der Waals surface area contributed by atoms with E-state index in [2.05, 4.69) is 4.98 Å². The summed E-state index contributed by atoms with van der Waals surface area (Å²) in [5, 5.41) is 0. The second-order valence-electron chi connectivity index (χ2n) is 6.22. The molecule has 6 nitrogen and oxygen atoms in total. The molecule has 0 atom stereocenters. The van der Waals surface area contributed by atoms with Crippen LogP contribution in [0.25, 0.3) is 17.1 Å². The number of para-hydroxylation sites is 2. The van der Waals surface area contributed by atoms with Crippen LogP contribution in [0.3, 0.4) is 0 Å². The number of fused-ring (bicyclic) bond motifs is 2. The number of aromatic nitrogens is 2. The van der Waals surface area contributed by atoms with E-state index < -0.39 is 0 Å². The van der Waals surface area contributed by atoms with E-state index in [4.69, 9.17) is 9.47 Å². The quantitative estimate of drug-likeness (QED) is 0.680. The van der Waals surface area contributed by atoms with Gasteiger partial charge in [-0.2, -0.15) is 0 Å². The molecule has 1 aliphatic rings. The van der Waals surface area contributed by atoms with E-state index in [-0.39, 0.29) is 12.7 Å². The standard InChI is InChI=1S/C20H19N3O3/c1-22(12-19-21-15-5-3-4-6-16(15)23(19)2)20(24)10-8-14-7-9-17-18(11-14)26-13-25-17/h3-11H,12-13H2,1-2H3/b10-8+. The molecule has 1 aromatic heterocycles. The second kappa shape index (κ2) is 6.55. The molecule has 0 bridgehead atoms. The third kappa shape index (κ3) is 3.01. The molecule has 1 amide bonds. The summed E-state index contributed by atoms with van der Waals surface area (Å²) in [6, 6.07) is 13.5. The smallest absolute Gasteiger partial charge is 0.246 e. The Kier molecular flexibility index (Phi) is 4.08. The van der Waals surface area contributed by atoms with Crippen molar-refractivity contribution >= 4 is 23.0 Å². The molecule has 3 aromatic rings. The van der Waals surface area contributed by atoms with Gasteiger partial charge in [0.2, 0.25) is 12.7 Å². The molecule has 2 heterocycles. The summed E-state index contributed by atoms with van der Waals surface area (Å²) in [5.41, 5.74) is 2.87. The first-order chi connectivity index (χ1) is 12.6. The van der Waals surface area contributed by atoms with Crippen LogP contribution in [0.4, 0.5) is 0 Å². The van der Waals surface area contributed by atoms with Crippen molar-refractivity contribution in [3.63, 3.8) is 0 Å². The predicted octanol–water partition coefficient (Wildman–Crippen LogP) is 2.97. The summed E-state index contributed by atoms with van der Waals surface area (Å²) in [5.74, 6) is 2.19. The van der Waals surface area contributed by atoms with Crippen molar-refractivity contribution in [2.45, 2.75) is 6.54 Å². The highest BCUT2D eigenvalue weighted by molar-refractivity contribution is 5.91. The van der Waals surface area contributed by atoms with Crippen molar-refractivity contribution in [1.29, 1.82) is 0 Å². The number of rotatable bonds is 4. The van der Waals surface area contributed by atoms with Gasteiger partial charge in [-0.15, -0.1) is 0 Å². The lowest BCUT2D eigenvalue weighted by atomic mass is 10.2. The number of hydrogen-bond acceptors (Lipinski definition) is 4. The van der Waals surface area contributed by atoms with Crippen LogP contribution in [-0.4, -0.2) is 34.2 Å². The van der Waals surface area contributed by atoms with E-state index >= 15 is 0 Å². The Morgan fingerprint density at radius 3 is 2.88 bits per heavy atom. The summed E-state index contributed by atoms with van der Waals surface area (Å²) in [6.45, 7) is 0.678. The fraction of sp³-hybridized carbons (Fsp3) is 0.200. The molecule has 0 N–H and O–H groups in total. The van der Waals surface area contributed by atoms with Gasteiger partial charge >= 0.3 is 0 Å². The molecule has 26 heavy (non-hydrogen) atoms. The maximum atomic E-state index is 12.4. The topological polar surface area (TPSA) is 56.6 Å². The molecule has 6 heteroatoms. The monoisotopic (exact) mass is 349 g/mol. The van der Waals surface area contributed by atoms with Crippen LogP contribution in [0.5, 0.6) is 11.5 Å². The number of benzene rings is 2. The summed E-state index contributed by atoms with van der Waals surface area (Å²) < 4.78 is 12.7. The fourth-order valence-electron chi connectivity index (χ4n) is 2.94. The number of amides is 1. The van der Waals surface area contributed by atoms with E-state index in [1.54, 1.807) is 24.1 Å². The van der Waals surface area contributed by atoms with Crippen LogP contribution >= 0.6 is 0 Å². The van der Waals surface area contributed by atoms with Gasteiger partial charge in [0, 0.05) is 20.2 Å². The molecule has 132 valence electrons. The van der Waals surface area contributed by atoms with Crippen LogP contribution in [0.2, 0.25) is 0 Å². The molecule has 0 fully saturated rings. The lowest BCUT2D eigenvalue weighted by Crippen LogP contribution is -2.25. The van der Waals surface area contributed by atoms with E-state index in [0.717, 1.165) is 28.2 Å². The molecule has 0 aliphatic carbocycles. The molecular formula is C20H19N3O3. The number of carbonyl (C=O) groups is 1. The van der Waals surface area contributed by atoms with Crippen molar-refractivity contribution in [3.8, 4) is 11.5 Å². The minimum Gasteiger partial charge on any atom is -0.454 e. The Hall–Kier alpha value is -3.28. The van der Waals surface area contributed by atoms with Gasteiger partial charge in [-0.25, -0.2) is 4.98 Å². The van der Waals surface area contributed by atoms with Crippen LogP contribution in [0.1, 0.15) is 11.4 Å². The zero-order chi connectivity index (χ0) is 18.1. The Labute approximate surface area is 151 Å².